The zero-order valence-electron chi connectivity index (χ0n) is 15.3. The maximum absolute atomic E-state index is 12.4. The van der Waals surface area contributed by atoms with Gasteiger partial charge in [-0.2, -0.15) is 0 Å². The molecule has 1 aliphatic rings. The number of hydrogen-bond donors (Lipinski definition) is 0. The number of carbonyl (C=O) groups excluding carboxylic acids is 1. The van der Waals surface area contributed by atoms with Crippen molar-refractivity contribution in [3.63, 3.8) is 0 Å². The minimum Gasteiger partial charge on any atom is -0.495 e. The Hall–Kier alpha value is -2.12. The van der Waals surface area contributed by atoms with Gasteiger partial charge in [-0.05, 0) is 48.9 Å². The van der Waals surface area contributed by atoms with Crippen LogP contribution >= 0.6 is 23.1 Å². The number of benzene rings is 1. The number of thiophene rings is 1. The lowest BCUT2D eigenvalue weighted by Gasteiger charge is -2.20. The van der Waals surface area contributed by atoms with Crippen LogP contribution in [0.3, 0.4) is 0 Å². The summed E-state index contributed by atoms with van der Waals surface area (Å²) in [7, 11) is 1.67. The molecule has 0 N–H and O–H groups in total. The van der Waals surface area contributed by atoms with Crippen molar-refractivity contribution >= 4 is 28.9 Å². The second-order valence-corrected chi connectivity index (χ2v) is 8.73. The number of carbonyl (C=O) groups is 1. The van der Waals surface area contributed by atoms with Gasteiger partial charge in [0.1, 0.15) is 11.5 Å². The summed E-state index contributed by atoms with van der Waals surface area (Å²) in [5.41, 5.74) is 2.03. The summed E-state index contributed by atoms with van der Waals surface area (Å²) in [6.07, 6.45) is 3.64. The highest BCUT2D eigenvalue weighted by Gasteiger charge is 2.27. The topological polar surface area (TPSA) is 57.0 Å². The summed E-state index contributed by atoms with van der Waals surface area (Å²) in [5.74, 6) is 1.85. The van der Waals surface area contributed by atoms with Gasteiger partial charge in [-0.3, -0.25) is 9.36 Å². The fourth-order valence-corrected chi connectivity index (χ4v) is 5.17. The van der Waals surface area contributed by atoms with E-state index in [0.29, 0.717) is 12.2 Å². The molecular weight excluding hydrogens is 378 g/mol. The molecule has 2 heterocycles. The van der Waals surface area contributed by atoms with E-state index in [4.69, 9.17) is 4.74 Å². The van der Waals surface area contributed by atoms with Gasteiger partial charge in [0.15, 0.2) is 11.0 Å². The maximum Gasteiger partial charge on any atom is 0.196 e. The number of hydrogen-bond acceptors (Lipinski definition) is 6. The highest BCUT2D eigenvalue weighted by Crippen LogP contribution is 2.37. The number of aromatic nitrogens is 3. The molecule has 1 aliphatic carbocycles. The van der Waals surface area contributed by atoms with Gasteiger partial charge < -0.3 is 4.74 Å². The molecule has 0 spiro atoms. The van der Waals surface area contributed by atoms with Gasteiger partial charge in [0.2, 0.25) is 0 Å². The first kappa shape index (κ1) is 18.3. The third-order valence-electron chi connectivity index (χ3n) is 4.70. The molecule has 0 saturated heterocycles. The average Bonchev–Trinajstić information content (AvgIpc) is 3.33. The maximum atomic E-state index is 12.4. The molecule has 140 valence electrons. The number of ketones is 1. The Kier molecular flexibility index (Phi) is 5.31. The molecule has 7 heteroatoms. The quantitative estimate of drug-likeness (QED) is 0.610. The largest absolute Gasteiger partial charge is 0.495 e. The van der Waals surface area contributed by atoms with E-state index in [9.17, 15) is 4.79 Å². The summed E-state index contributed by atoms with van der Waals surface area (Å²) in [5, 5.41) is 11.6. The van der Waals surface area contributed by atoms with Gasteiger partial charge in [0.05, 0.1) is 22.9 Å². The second kappa shape index (κ2) is 7.86. The predicted octanol–water partition coefficient (Wildman–Crippen LogP) is 4.92. The molecule has 1 aromatic carbocycles. The smallest absolute Gasteiger partial charge is 0.196 e. The van der Waals surface area contributed by atoms with Crippen LogP contribution in [0.2, 0.25) is 0 Å². The van der Waals surface area contributed by atoms with Gasteiger partial charge in [0.25, 0.3) is 0 Å². The highest BCUT2D eigenvalue weighted by atomic mass is 32.2. The molecule has 0 radical (unpaired) electrons. The van der Waals surface area contributed by atoms with E-state index >= 15 is 0 Å². The van der Waals surface area contributed by atoms with Gasteiger partial charge in [0, 0.05) is 6.42 Å². The number of nitrogens with zero attached hydrogens (tertiary/aromatic N) is 3. The van der Waals surface area contributed by atoms with Crippen molar-refractivity contribution < 1.29 is 9.53 Å². The zero-order chi connectivity index (χ0) is 18.8. The van der Waals surface area contributed by atoms with E-state index < -0.39 is 0 Å². The summed E-state index contributed by atoms with van der Waals surface area (Å²) in [4.78, 5) is 13.4. The van der Waals surface area contributed by atoms with Crippen LogP contribution in [-0.4, -0.2) is 32.9 Å². The first-order chi connectivity index (χ1) is 13.2. The fourth-order valence-electron chi connectivity index (χ4n) is 3.31. The predicted molar refractivity (Wildman–Crippen MR) is 109 cm³/mol. The van der Waals surface area contributed by atoms with Gasteiger partial charge in [-0.25, -0.2) is 0 Å². The van der Waals surface area contributed by atoms with E-state index in [1.165, 1.54) is 11.8 Å². The Morgan fingerprint density at radius 1 is 1.26 bits per heavy atom. The first-order valence-electron chi connectivity index (χ1n) is 9.01. The molecule has 1 fully saturated rings. The summed E-state index contributed by atoms with van der Waals surface area (Å²) >= 11 is 3.15. The molecule has 1 atom stereocenters. The standard InChI is InChI=1S/C20H21N3O2S2/c1-13-9-10-16(25-2)14(12-13)23-19(18-8-5-11-26-18)21-22-20(23)27-17-7-4-3-6-15(17)24/h5,8-12,17H,3-4,6-7H2,1-2H3/t17-/m0/s1. The van der Waals surface area contributed by atoms with Crippen molar-refractivity contribution in [2.75, 3.05) is 7.11 Å². The number of ether oxygens (including phenoxy) is 1. The zero-order valence-corrected chi connectivity index (χ0v) is 17.0. The Labute approximate surface area is 166 Å². The Balaban J connectivity index is 1.83. The molecule has 5 nitrogen and oxygen atoms in total. The third kappa shape index (κ3) is 3.66. The number of aryl methyl sites for hydroxylation is 1. The van der Waals surface area contributed by atoms with Crippen LogP contribution in [0.15, 0.2) is 40.9 Å². The van der Waals surface area contributed by atoms with E-state index in [2.05, 4.69) is 23.2 Å². The lowest BCUT2D eigenvalue weighted by atomic mass is 9.99. The summed E-state index contributed by atoms with van der Waals surface area (Å²) < 4.78 is 7.65. The minimum atomic E-state index is -0.0475. The van der Waals surface area contributed by atoms with Crippen LogP contribution in [0.1, 0.15) is 31.2 Å². The van der Waals surface area contributed by atoms with E-state index in [-0.39, 0.29) is 5.25 Å². The molecule has 27 heavy (non-hydrogen) atoms. The van der Waals surface area contributed by atoms with Crippen LogP contribution < -0.4 is 4.74 Å². The lowest BCUT2D eigenvalue weighted by Crippen LogP contribution is -2.21. The normalized spacial score (nSPS) is 17.3. The average molecular weight is 400 g/mol. The molecule has 4 rings (SSSR count). The van der Waals surface area contributed by atoms with Crippen LogP contribution in [0.25, 0.3) is 16.4 Å². The van der Waals surface area contributed by atoms with E-state index in [0.717, 1.165) is 52.1 Å². The molecule has 0 amide bonds. The molecule has 0 aliphatic heterocycles. The van der Waals surface area contributed by atoms with Gasteiger partial charge >= 0.3 is 0 Å². The molecule has 3 aromatic rings. The van der Waals surface area contributed by atoms with Crippen molar-refractivity contribution in [3.8, 4) is 22.1 Å². The number of thioether (sulfide) groups is 1. The van der Waals surface area contributed by atoms with E-state index in [1.54, 1.807) is 18.4 Å². The van der Waals surface area contributed by atoms with Crippen LogP contribution in [0.4, 0.5) is 0 Å². The number of rotatable bonds is 5. The highest BCUT2D eigenvalue weighted by molar-refractivity contribution is 8.00. The Bertz CT molecular complexity index is 950. The molecule has 0 unspecified atom stereocenters. The van der Waals surface area contributed by atoms with E-state index in [1.807, 2.05) is 34.2 Å². The SMILES string of the molecule is COc1ccc(C)cc1-n1c(S[C@H]2CCCCC2=O)nnc1-c1cccs1. The lowest BCUT2D eigenvalue weighted by molar-refractivity contribution is -0.119. The first-order valence-corrected chi connectivity index (χ1v) is 10.8. The van der Waals surface area contributed by atoms with Crippen LogP contribution in [0.5, 0.6) is 5.75 Å². The summed E-state index contributed by atoms with van der Waals surface area (Å²) in [6.45, 7) is 2.05. The monoisotopic (exact) mass is 399 g/mol. The minimum absolute atomic E-state index is 0.0475. The molecule has 2 aromatic heterocycles. The third-order valence-corrected chi connectivity index (χ3v) is 6.82. The van der Waals surface area contributed by atoms with Crippen molar-refractivity contribution in [2.24, 2.45) is 0 Å². The number of Topliss-reactive ketones (excluding diaryl/α,β-unsaturated/α-hetero) is 1. The van der Waals surface area contributed by atoms with Crippen LogP contribution in [0, 0.1) is 6.92 Å². The van der Waals surface area contributed by atoms with Gasteiger partial charge in [-0.15, -0.1) is 21.5 Å². The van der Waals surface area contributed by atoms with Crippen molar-refractivity contribution in [1.82, 2.24) is 14.8 Å². The molecule has 1 saturated carbocycles. The fraction of sp³-hybridized carbons (Fsp3) is 0.350. The molecular formula is C20H21N3O2S2. The van der Waals surface area contributed by atoms with Crippen molar-refractivity contribution in [3.05, 3.63) is 41.3 Å². The number of methoxy groups -OCH3 is 1. The second-order valence-electron chi connectivity index (χ2n) is 6.61. The molecule has 0 bridgehead atoms. The van der Waals surface area contributed by atoms with Gasteiger partial charge in [-0.1, -0.05) is 30.3 Å². The Morgan fingerprint density at radius 2 is 2.15 bits per heavy atom. The summed E-state index contributed by atoms with van der Waals surface area (Å²) in [6, 6.07) is 10.1. The van der Waals surface area contributed by atoms with Crippen molar-refractivity contribution in [2.45, 2.75) is 43.0 Å². The Morgan fingerprint density at radius 3 is 2.89 bits per heavy atom. The van der Waals surface area contributed by atoms with Crippen molar-refractivity contribution in [1.29, 1.82) is 0 Å². The van der Waals surface area contributed by atoms with Crippen LogP contribution in [-0.2, 0) is 4.79 Å².